The molecule has 0 aliphatic heterocycles. The second kappa shape index (κ2) is 52.5. The molecular formula is C42H76O16. The zero-order chi connectivity index (χ0) is 45.2. The first-order valence-electron chi connectivity index (χ1n) is 20.8. The van der Waals surface area contributed by atoms with Gasteiger partial charge in [-0.1, -0.05) is 103 Å². The van der Waals surface area contributed by atoms with Crippen molar-refractivity contribution in [2.24, 2.45) is 0 Å². The van der Waals surface area contributed by atoms with Crippen LogP contribution in [0.25, 0.3) is 0 Å². The summed E-state index contributed by atoms with van der Waals surface area (Å²) in [6.45, 7) is 6.00. The van der Waals surface area contributed by atoms with E-state index in [1.165, 1.54) is 0 Å². The van der Waals surface area contributed by atoms with Crippen LogP contribution in [0.4, 0.5) is 0 Å². The molecule has 0 amide bonds. The predicted molar refractivity (Wildman–Crippen MR) is 220 cm³/mol. The number of rotatable bonds is 36. The first-order chi connectivity index (χ1) is 27.5. The molecule has 0 spiro atoms. The molecule has 0 radical (unpaired) electrons. The maximum atomic E-state index is 10.1. The molecular weight excluding hydrogens is 760 g/mol. The van der Waals surface area contributed by atoms with Crippen LogP contribution < -0.4 is 0 Å². The fourth-order valence-corrected chi connectivity index (χ4v) is 5.04. The highest BCUT2D eigenvalue weighted by Crippen LogP contribution is 2.11. The average molecular weight is 837 g/mol. The van der Waals surface area contributed by atoms with Crippen LogP contribution in [0, 0.1) is 0 Å². The van der Waals surface area contributed by atoms with E-state index >= 15 is 0 Å². The highest BCUT2D eigenvalue weighted by Gasteiger charge is 2.01. The van der Waals surface area contributed by atoms with Crippen LogP contribution in [0.3, 0.4) is 0 Å². The second-order valence-corrected chi connectivity index (χ2v) is 13.6. The van der Waals surface area contributed by atoms with E-state index in [0.29, 0.717) is 0 Å². The van der Waals surface area contributed by atoms with Gasteiger partial charge in [-0.05, 0) is 51.4 Å². The van der Waals surface area contributed by atoms with E-state index in [1.807, 2.05) is 0 Å². The van der Waals surface area contributed by atoms with Crippen molar-refractivity contribution in [1.82, 2.24) is 0 Å². The van der Waals surface area contributed by atoms with Gasteiger partial charge in [-0.3, -0.25) is 38.4 Å². The molecule has 0 aromatic rings. The van der Waals surface area contributed by atoms with Crippen LogP contribution in [0.15, 0.2) is 13.2 Å². The van der Waals surface area contributed by atoms with Gasteiger partial charge in [-0.25, -0.2) is 0 Å². The van der Waals surface area contributed by atoms with Gasteiger partial charge < -0.3 is 40.9 Å². The minimum atomic E-state index is -0.740. The molecule has 0 bridgehead atoms. The maximum absolute atomic E-state index is 10.1. The number of aliphatic carboxylic acids is 8. The Kier molecular flexibility index (Phi) is 56.7. The summed E-state index contributed by atoms with van der Waals surface area (Å²) in [6, 6.07) is 0. The fourth-order valence-electron chi connectivity index (χ4n) is 5.04. The molecule has 340 valence electrons. The van der Waals surface area contributed by atoms with Crippen molar-refractivity contribution in [2.45, 2.75) is 205 Å². The highest BCUT2D eigenvalue weighted by molar-refractivity contribution is 5.68. The molecule has 0 saturated carbocycles. The topological polar surface area (TPSA) is 298 Å². The molecule has 16 nitrogen and oxygen atoms in total. The quantitative estimate of drug-likeness (QED) is 0.0215. The van der Waals surface area contributed by atoms with Gasteiger partial charge in [-0.2, -0.15) is 0 Å². The Hall–Kier alpha value is -4.50. The Morgan fingerprint density at radius 2 is 0.259 bits per heavy atom. The molecule has 58 heavy (non-hydrogen) atoms. The van der Waals surface area contributed by atoms with E-state index < -0.39 is 47.8 Å². The van der Waals surface area contributed by atoms with Crippen LogP contribution in [-0.4, -0.2) is 88.6 Å². The first-order valence-corrected chi connectivity index (χ1v) is 20.8. The SMILES string of the molecule is C=C.O=C(O)CCCCCCCCC(=O)O.O=C(O)CCCCCCCCC(=O)O.O=C(O)CCCCCCCCC(=O)O.O=C(O)CCCCCCCCC(=O)O. The summed E-state index contributed by atoms with van der Waals surface area (Å²) < 4.78 is 0. The zero-order valence-corrected chi connectivity index (χ0v) is 34.9. The smallest absolute Gasteiger partial charge is 0.303 e. The van der Waals surface area contributed by atoms with Gasteiger partial charge in [0.1, 0.15) is 0 Å². The van der Waals surface area contributed by atoms with E-state index in [-0.39, 0.29) is 51.4 Å². The third kappa shape index (κ3) is 84.2. The Morgan fingerprint density at radius 3 is 0.328 bits per heavy atom. The molecule has 8 N–H and O–H groups in total. The van der Waals surface area contributed by atoms with Crippen LogP contribution in [0.1, 0.15) is 205 Å². The summed E-state index contributed by atoms with van der Waals surface area (Å²) in [7, 11) is 0. The number of unbranched alkanes of at least 4 members (excludes halogenated alkanes) is 20. The summed E-state index contributed by atoms with van der Waals surface area (Å²) in [4.78, 5) is 81.2. The molecule has 0 atom stereocenters. The molecule has 0 heterocycles. The van der Waals surface area contributed by atoms with Gasteiger partial charge >= 0.3 is 47.8 Å². The third-order valence-electron chi connectivity index (χ3n) is 8.13. The van der Waals surface area contributed by atoms with Crippen LogP contribution in [0.2, 0.25) is 0 Å². The normalized spacial score (nSPS) is 9.72. The van der Waals surface area contributed by atoms with E-state index in [0.717, 1.165) is 154 Å². The molecule has 0 rings (SSSR count). The Labute approximate surface area is 345 Å². The predicted octanol–water partition coefficient (Wildman–Crippen LogP) is 9.91. The standard InChI is InChI=1S/4C10H18O4.C2H4/c4*11-9(12)7-5-3-1-2-4-6-8-10(13)14;1-2/h4*1-8H2,(H,11,12)(H,13,14);1-2H2. The maximum Gasteiger partial charge on any atom is 0.303 e. The Morgan fingerprint density at radius 1 is 0.190 bits per heavy atom. The van der Waals surface area contributed by atoms with Crippen molar-refractivity contribution in [3.05, 3.63) is 13.2 Å². The van der Waals surface area contributed by atoms with Crippen LogP contribution >= 0.6 is 0 Å². The fraction of sp³-hybridized carbons (Fsp3) is 0.762. The van der Waals surface area contributed by atoms with Crippen molar-refractivity contribution in [1.29, 1.82) is 0 Å². The van der Waals surface area contributed by atoms with Gasteiger partial charge in [0.25, 0.3) is 0 Å². The summed E-state index contributed by atoms with van der Waals surface area (Å²) in [6.07, 6.45) is 23.3. The van der Waals surface area contributed by atoms with Gasteiger partial charge in [0.2, 0.25) is 0 Å². The van der Waals surface area contributed by atoms with E-state index in [1.54, 1.807) is 0 Å². The summed E-state index contributed by atoms with van der Waals surface area (Å²) >= 11 is 0. The van der Waals surface area contributed by atoms with E-state index in [9.17, 15) is 38.4 Å². The minimum Gasteiger partial charge on any atom is -0.481 e. The van der Waals surface area contributed by atoms with Gasteiger partial charge in [0, 0.05) is 51.4 Å². The van der Waals surface area contributed by atoms with Gasteiger partial charge in [0.05, 0.1) is 0 Å². The van der Waals surface area contributed by atoms with Gasteiger partial charge in [0.15, 0.2) is 0 Å². The average Bonchev–Trinajstić information content (AvgIpc) is 3.13. The van der Waals surface area contributed by atoms with Crippen LogP contribution in [0.5, 0.6) is 0 Å². The molecule has 0 aliphatic carbocycles. The van der Waals surface area contributed by atoms with Crippen molar-refractivity contribution in [2.75, 3.05) is 0 Å². The number of hydrogen-bond acceptors (Lipinski definition) is 8. The van der Waals surface area contributed by atoms with E-state index in [4.69, 9.17) is 40.9 Å². The first kappa shape index (κ1) is 62.7. The summed E-state index contributed by atoms with van der Waals surface area (Å²) in [5.74, 6) is -5.92. The molecule has 0 aromatic heterocycles. The number of carboxylic acids is 8. The lowest BCUT2D eigenvalue weighted by Gasteiger charge is -1.98. The molecule has 16 heteroatoms. The zero-order valence-electron chi connectivity index (χ0n) is 34.9. The largest absolute Gasteiger partial charge is 0.481 e. The molecule has 0 fully saturated rings. The molecule has 0 saturated heterocycles. The van der Waals surface area contributed by atoms with E-state index in [2.05, 4.69) is 13.2 Å². The van der Waals surface area contributed by atoms with Crippen molar-refractivity contribution in [3.8, 4) is 0 Å². The Balaban J connectivity index is -0.000000212. The monoisotopic (exact) mass is 837 g/mol. The number of carboxylic acid groups (broad SMARTS) is 8. The lowest BCUT2D eigenvalue weighted by Crippen LogP contribution is -1.94. The molecule has 0 aliphatic rings. The van der Waals surface area contributed by atoms with Crippen molar-refractivity contribution >= 4 is 47.8 Å². The molecule has 0 unspecified atom stereocenters. The van der Waals surface area contributed by atoms with Gasteiger partial charge in [-0.15, -0.1) is 13.2 Å². The van der Waals surface area contributed by atoms with Crippen molar-refractivity contribution < 1.29 is 79.2 Å². The second-order valence-electron chi connectivity index (χ2n) is 13.6. The summed E-state index contributed by atoms with van der Waals surface area (Å²) in [5.41, 5.74) is 0. The minimum absolute atomic E-state index is 0.245. The van der Waals surface area contributed by atoms with Crippen molar-refractivity contribution in [3.63, 3.8) is 0 Å². The number of hydrogen-bond donors (Lipinski definition) is 8. The summed E-state index contributed by atoms with van der Waals surface area (Å²) in [5, 5.41) is 66.8. The third-order valence-corrected chi connectivity index (χ3v) is 8.13. The molecule has 0 aromatic carbocycles. The highest BCUT2D eigenvalue weighted by atomic mass is 16.4. The lowest BCUT2D eigenvalue weighted by molar-refractivity contribution is -0.138. The number of carbonyl (C=O) groups is 8. The Bertz CT molecular complexity index is 804. The lowest BCUT2D eigenvalue weighted by atomic mass is 10.1. The van der Waals surface area contributed by atoms with Crippen LogP contribution in [-0.2, 0) is 38.4 Å².